The SMILES string of the molecule is CC(C)NC(COCCC1CC1)(C(=O)O)c1ccccc1. The van der Waals surface area contributed by atoms with Gasteiger partial charge in [0.25, 0.3) is 0 Å². The molecular weight excluding hydrogens is 266 g/mol. The van der Waals surface area contributed by atoms with Gasteiger partial charge in [0.05, 0.1) is 6.61 Å². The molecule has 0 aliphatic heterocycles. The molecule has 0 heterocycles. The van der Waals surface area contributed by atoms with Crippen LogP contribution in [-0.4, -0.2) is 30.3 Å². The highest BCUT2D eigenvalue weighted by molar-refractivity contribution is 5.81. The molecule has 0 radical (unpaired) electrons. The Morgan fingerprint density at radius 2 is 2.05 bits per heavy atom. The van der Waals surface area contributed by atoms with Crippen molar-refractivity contribution in [2.45, 2.75) is 44.7 Å². The first-order chi connectivity index (χ1) is 10.0. The van der Waals surface area contributed by atoms with Crippen molar-refractivity contribution >= 4 is 5.97 Å². The molecule has 0 saturated heterocycles. The van der Waals surface area contributed by atoms with E-state index in [1.54, 1.807) is 0 Å². The van der Waals surface area contributed by atoms with Crippen LogP contribution in [0.4, 0.5) is 0 Å². The van der Waals surface area contributed by atoms with Crippen LogP contribution in [0.2, 0.25) is 0 Å². The number of carbonyl (C=O) groups is 1. The highest BCUT2D eigenvalue weighted by Crippen LogP contribution is 2.32. The van der Waals surface area contributed by atoms with Gasteiger partial charge in [-0.2, -0.15) is 0 Å². The molecule has 2 N–H and O–H groups in total. The molecule has 0 aromatic heterocycles. The zero-order valence-electron chi connectivity index (χ0n) is 12.8. The summed E-state index contributed by atoms with van der Waals surface area (Å²) in [5, 5.41) is 13.0. The average molecular weight is 291 g/mol. The van der Waals surface area contributed by atoms with Gasteiger partial charge in [0.1, 0.15) is 0 Å². The minimum absolute atomic E-state index is 0.0494. The van der Waals surface area contributed by atoms with Crippen molar-refractivity contribution < 1.29 is 14.6 Å². The largest absolute Gasteiger partial charge is 0.480 e. The van der Waals surface area contributed by atoms with Crippen molar-refractivity contribution in [1.29, 1.82) is 0 Å². The minimum atomic E-state index is -1.18. The van der Waals surface area contributed by atoms with Gasteiger partial charge in [-0.1, -0.05) is 43.2 Å². The topological polar surface area (TPSA) is 58.6 Å². The minimum Gasteiger partial charge on any atom is -0.480 e. The van der Waals surface area contributed by atoms with E-state index in [-0.39, 0.29) is 12.6 Å². The number of aliphatic carboxylic acids is 1. The summed E-state index contributed by atoms with van der Waals surface area (Å²) in [6.07, 6.45) is 3.61. The smallest absolute Gasteiger partial charge is 0.331 e. The van der Waals surface area contributed by atoms with Crippen molar-refractivity contribution in [2.75, 3.05) is 13.2 Å². The number of carboxylic acids is 1. The fourth-order valence-corrected chi connectivity index (χ4v) is 2.55. The molecule has 1 aliphatic carbocycles. The summed E-state index contributed by atoms with van der Waals surface area (Å²) in [4.78, 5) is 12.0. The van der Waals surface area contributed by atoms with Crippen LogP contribution in [0.3, 0.4) is 0 Å². The second-order valence-electron chi connectivity index (χ2n) is 6.16. The summed E-state index contributed by atoms with van der Waals surface area (Å²) in [6, 6.07) is 9.34. The Balaban J connectivity index is 2.11. The van der Waals surface area contributed by atoms with E-state index in [9.17, 15) is 9.90 Å². The van der Waals surface area contributed by atoms with Gasteiger partial charge in [0, 0.05) is 12.6 Å². The lowest BCUT2D eigenvalue weighted by molar-refractivity contribution is -0.149. The lowest BCUT2D eigenvalue weighted by atomic mass is 9.90. The molecule has 1 aromatic rings. The summed E-state index contributed by atoms with van der Waals surface area (Å²) in [5.41, 5.74) is -0.448. The number of benzene rings is 1. The van der Waals surface area contributed by atoms with E-state index >= 15 is 0 Å². The maximum Gasteiger partial charge on any atom is 0.331 e. The second kappa shape index (κ2) is 7.05. The van der Waals surface area contributed by atoms with Crippen LogP contribution in [0, 0.1) is 5.92 Å². The molecule has 1 aliphatic rings. The van der Waals surface area contributed by atoms with E-state index < -0.39 is 11.5 Å². The number of hydrogen-bond donors (Lipinski definition) is 2. The zero-order chi connectivity index (χ0) is 15.3. The normalized spacial score (nSPS) is 17.7. The zero-order valence-corrected chi connectivity index (χ0v) is 12.8. The van der Waals surface area contributed by atoms with Gasteiger partial charge in [0.2, 0.25) is 0 Å². The van der Waals surface area contributed by atoms with E-state index in [0.29, 0.717) is 6.61 Å². The Morgan fingerprint density at radius 3 is 2.57 bits per heavy atom. The predicted molar refractivity (Wildman–Crippen MR) is 82.2 cm³/mol. The standard InChI is InChI=1S/C17H25NO3/c1-13(2)18-17(16(19)20,15-6-4-3-5-7-15)12-21-11-10-14-8-9-14/h3-7,13-14,18H,8-12H2,1-2H3,(H,19,20). The summed E-state index contributed by atoms with van der Waals surface area (Å²) >= 11 is 0. The van der Waals surface area contributed by atoms with Gasteiger partial charge >= 0.3 is 5.97 Å². The number of rotatable bonds is 9. The van der Waals surface area contributed by atoms with Gasteiger partial charge in [0.15, 0.2) is 5.54 Å². The van der Waals surface area contributed by atoms with E-state index in [2.05, 4.69) is 5.32 Å². The molecule has 116 valence electrons. The lowest BCUT2D eigenvalue weighted by Gasteiger charge is -2.33. The van der Waals surface area contributed by atoms with Gasteiger partial charge < -0.3 is 9.84 Å². The molecule has 0 amide bonds. The molecule has 1 unspecified atom stereocenters. The van der Waals surface area contributed by atoms with E-state index in [1.807, 2.05) is 44.2 Å². The van der Waals surface area contributed by atoms with Crippen LogP contribution in [0.25, 0.3) is 0 Å². The van der Waals surface area contributed by atoms with Gasteiger partial charge in [-0.15, -0.1) is 0 Å². The first kappa shape index (κ1) is 16.0. The summed E-state index contributed by atoms with van der Waals surface area (Å²) in [7, 11) is 0. The monoisotopic (exact) mass is 291 g/mol. The fraction of sp³-hybridized carbons (Fsp3) is 0.588. The number of nitrogens with one attached hydrogen (secondary N) is 1. The third-order valence-corrected chi connectivity index (χ3v) is 3.85. The van der Waals surface area contributed by atoms with E-state index in [1.165, 1.54) is 12.8 Å². The highest BCUT2D eigenvalue weighted by atomic mass is 16.5. The molecule has 21 heavy (non-hydrogen) atoms. The quantitative estimate of drug-likeness (QED) is 0.687. The fourth-order valence-electron chi connectivity index (χ4n) is 2.55. The second-order valence-corrected chi connectivity index (χ2v) is 6.16. The third-order valence-electron chi connectivity index (χ3n) is 3.85. The van der Waals surface area contributed by atoms with E-state index in [4.69, 9.17) is 4.74 Å². The third kappa shape index (κ3) is 4.29. The maximum absolute atomic E-state index is 12.0. The Hall–Kier alpha value is -1.39. The molecule has 4 heteroatoms. The molecule has 1 aromatic carbocycles. The summed E-state index contributed by atoms with van der Waals surface area (Å²) in [6.45, 7) is 4.68. The van der Waals surface area contributed by atoms with Crippen molar-refractivity contribution in [2.24, 2.45) is 5.92 Å². The van der Waals surface area contributed by atoms with Crippen molar-refractivity contribution in [3.8, 4) is 0 Å². The van der Waals surface area contributed by atoms with Crippen molar-refractivity contribution in [3.63, 3.8) is 0 Å². The first-order valence-corrected chi connectivity index (χ1v) is 7.69. The molecule has 1 atom stereocenters. The maximum atomic E-state index is 12.0. The Labute approximate surface area is 126 Å². The highest BCUT2D eigenvalue weighted by Gasteiger charge is 2.41. The van der Waals surface area contributed by atoms with Gasteiger partial charge in [-0.05, 0) is 31.7 Å². The molecule has 1 fully saturated rings. The van der Waals surface area contributed by atoms with Gasteiger partial charge in [-0.25, -0.2) is 4.79 Å². The lowest BCUT2D eigenvalue weighted by Crippen LogP contribution is -2.55. The summed E-state index contributed by atoms with van der Waals surface area (Å²) in [5.74, 6) is -0.104. The molecule has 4 nitrogen and oxygen atoms in total. The van der Waals surface area contributed by atoms with Crippen LogP contribution >= 0.6 is 0 Å². The average Bonchev–Trinajstić information content (AvgIpc) is 3.26. The molecule has 0 spiro atoms. The Morgan fingerprint density at radius 1 is 1.38 bits per heavy atom. The van der Waals surface area contributed by atoms with Crippen LogP contribution < -0.4 is 5.32 Å². The molecule has 1 saturated carbocycles. The van der Waals surface area contributed by atoms with Crippen molar-refractivity contribution in [1.82, 2.24) is 5.32 Å². The number of carboxylic acid groups (broad SMARTS) is 1. The number of hydrogen-bond acceptors (Lipinski definition) is 3. The van der Waals surface area contributed by atoms with Gasteiger partial charge in [-0.3, -0.25) is 5.32 Å². The van der Waals surface area contributed by atoms with Crippen molar-refractivity contribution in [3.05, 3.63) is 35.9 Å². The molecule has 2 rings (SSSR count). The number of ether oxygens (including phenoxy) is 1. The van der Waals surface area contributed by atoms with Crippen LogP contribution in [-0.2, 0) is 15.1 Å². The Kier molecular flexibility index (Phi) is 5.37. The first-order valence-electron chi connectivity index (χ1n) is 7.69. The molecular formula is C17H25NO3. The van der Waals surface area contributed by atoms with Crippen LogP contribution in [0.5, 0.6) is 0 Å². The van der Waals surface area contributed by atoms with Crippen LogP contribution in [0.15, 0.2) is 30.3 Å². The Bertz CT molecular complexity index is 456. The van der Waals surface area contributed by atoms with Crippen LogP contribution in [0.1, 0.15) is 38.7 Å². The summed E-state index contributed by atoms with van der Waals surface area (Å²) < 4.78 is 5.72. The predicted octanol–water partition coefficient (Wildman–Crippen LogP) is 2.78. The molecule has 0 bridgehead atoms. The van der Waals surface area contributed by atoms with E-state index in [0.717, 1.165) is 17.9 Å².